The minimum Gasteiger partial charge on any atom is -0.481 e. The third kappa shape index (κ3) is 5.26. The van der Waals surface area contributed by atoms with Gasteiger partial charge in [-0.05, 0) is 31.9 Å². The van der Waals surface area contributed by atoms with E-state index in [2.05, 4.69) is 0 Å². The van der Waals surface area contributed by atoms with Crippen LogP contribution in [0.5, 0.6) is 0 Å². The largest absolute Gasteiger partial charge is 0.481 e. The Hall–Kier alpha value is -1.45. The second-order valence-electron chi connectivity index (χ2n) is 5.98. The van der Waals surface area contributed by atoms with Crippen LogP contribution < -0.4 is 0 Å². The molecular weight excluding hydrogens is 364 g/mol. The molecule has 1 N–H and O–H groups in total. The van der Waals surface area contributed by atoms with E-state index in [0.717, 1.165) is 30.6 Å². The third-order valence-electron chi connectivity index (χ3n) is 4.20. The monoisotopic (exact) mass is 388 g/mol. The molecule has 1 aromatic heterocycles. The molecule has 0 bridgehead atoms. The van der Waals surface area contributed by atoms with Gasteiger partial charge < -0.3 is 10.0 Å². The van der Waals surface area contributed by atoms with Gasteiger partial charge in [0.05, 0.1) is 12.8 Å². The lowest BCUT2D eigenvalue weighted by Gasteiger charge is -2.25. The van der Waals surface area contributed by atoms with Gasteiger partial charge in [-0.1, -0.05) is 6.42 Å². The number of hydrogen-bond donors (Lipinski definition) is 1. The predicted molar refractivity (Wildman–Crippen MR) is 95.1 cm³/mol. The highest BCUT2D eigenvalue weighted by Gasteiger charge is 2.27. The molecular formula is C16H24N2O5S2. The van der Waals surface area contributed by atoms with Crippen LogP contribution in [0.4, 0.5) is 0 Å². The van der Waals surface area contributed by atoms with Crippen molar-refractivity contribution in [2.45, 2.75) is 43.2 Å². The van der Waals surface area contributed by atoms with Gasteiger partial charge >= 0.3 is 5.97 Å². The van der Waals surface area contributed by atoms with Crippen LogP contribution in [0.1, 0.15) is 37.5 Å². The first kappa shape index (κ1) is 19.9. The summed E-state index contributed by atoms with van der Waals surface area (Å²) in [5.41, 5.74) is 0. The fourth-order valence-corrected chi connectivity index (χ4v) is 5.79. The summed E-state index contributed by atoms with van der Waals surface area (Å²) in [5, 5.41) is 8.74. The molecule has 1 saturated heterocycles. The van der Waals surface area contributed by atoms with Crippen LogP contribution in [-0.2, 0) is 26.0 Å². The molecule has 7 nitrogen and oxygen atoms in total. The molecule has 1 aromatic rings. The number of rotatable bonds is 8. The standard InChI is InChI=1S/C16H24N2O5S2/c1-2-17(11-8-15(20)21)14(19)12-13-6-7-16(24-13)25(22,23)18-9-4-3-5-10-18/h6-7H,2-5,8-12H2,1H3,(H,20,21). The van der Waals surface area contributed by atoms with E-state index in [1.807, 2.05) is 0 Å². The molecule has 0 saturated carbocycles. The van der Waals surface area contributed by atoms with Crippen molar-refractivity contribution >= 4 is 33.2 Å². The molecule has 1 aliphatic rings. The fraction of sp³-hybridized carbons (Fsp3) is 0.625. The van der Waals surface area contributed by atoms with Crippen molar-refractivity contribution in [1.29, 1.82) is 0 Å². The number of likely N-dealkylation sites (N-methyl/N-ethyl adjacent to an activating group) is 1. The molecule has 0 atom stereocenters. The maximum absolute atomic E-state index is 12.6. The number of piperidine rings is 1. The van der Waals surface area contributed by atoms with E-state index in [9.17, 15) is 18.0 Å². The molecule has 0 radical (unpaired) electrons. The Morgan fingerprint density at radius 1 is 1.24 bits per heavy atom. The number of nitrogens with zero attached hydrogens (tertiary/aromatic N) is 2. The maximum Gasteiger partial charge on any atom is 0.305 e. The molecule has 25 heavy (non-hydrogen) atoms. The normalized spacial score (nSPS) is 15.9. The summed E-state index contributed by atoms with van der Waals surface area (Å²) in [5.74, 6) is -1.13. The molecule has 1 amide bonds. The first-order valence-corrected chi connectivity index (χ1v) is 10.7. The van der Waals surface area contributed by atoms with Gasteiger partial charge in [-0.15, -0.1) is 11.3 Å². The lowest BCUT2D eigenvalue weighted by Crippen LogP contribution is -2.35. The van der Waals surface area contributed by atoms with Crippen LogP contribution in [0.25, 0.3) is 0 Å². The smallest absolute Gasteiger partial charge is 0.305 e. The summed E-state index contributed by atoms with van der Waals surface area (Å²) in [6.45, 7) is 3.48. The van der Waals surface area contributed by atoms with Crippen LogP contribution in [0.15, 0.2) is 16.3 Å². The minimum absolute atomic E-state index is 0.0909. The molecule has 2 rings (SSSR count). The van der Waals surface area contributed by atoms with Gasteiger partial charge in [0, 0.05) is 31.1 Å². The topological polar surface area (TPSA) is 95.0 Å². The minimum atomic E-state index is -3.48. The van der Waals surface area contributed by atoms with Crippen LogP contribution in [0.3, 0.4) is 0 Å². The van der Waals surface area contributed by atoms with E-state index < -0.39 is 16.0 Å². The number of thiophene rings is 1. The highest BCUT2D eigenvalue weighted by Crippen LogP contribution is 2.27. The zero-order valence-electron chi connectivity index (χ0n) is 14.3. The zero-order valence-corrected chi connectivity index (χ0v) is 15.9. The number of carbonyl (C=O) groups excluding carboxylic acids is 1. The van der Waals surface area contributed by atoms with Gasteiger partial charge in [0.2, 0.25) is 5.91 Å². The Labute approximate surface area is 152 Å². The summed E-state index contributed by atoms with van der Waals surface area (Å²) in [4.78, 5) is 25.1. The molecule has 0 aromatic carbocycles. The molecule has 2 heterocycles. The molecule has 0 unspecified atom stereocenters. The van der Waals surface area contributed by atoms with Crippen molar-refractivity contribution in [2.75, 3.05) is 26.2 Å². The van der Waals surface area contributed by atoms with E-state index >= 15 is 0 Å². The van der Waals surface area contributed by atoms with Crippen molar-refractivity contribution in [3.8, 4) is 0 Å². The molecule has 1 aliphatic heterocycles. The maximum atomic E-state index is 12.6. The summed E-state index contributed by atoms with van der Waals surface area (Å²) >= 11 is 1.12. The molecule has 1 fully saturated rings. The predicted octanol–water partition coefficient (Wildman–Crippen LogP) is 1.79. The van der Waals surface area contributed by atoms with Gasteiger partial charge in [0.15, 0.2) is 0 Å². The van der Waals surface area contributed by atoms with Gasteiger partial charge in [0.25, 0.3) is 10.0 Å². The number of carboxylic acids is 1. The van der Waals surface area contributed by atoms with Gasteiger partial charge in [-0.2, -0.15) is 4.31 Å². The zero-order chi connectivity index (χ0) is 18.4. The Balaban J connectivity index is 2.02. The van der Waals surface area contributed by atoms with Crippen molar-refractivity contribution in [1.82, 2.24) is 9.21 Å². The second kappa shape index (κ2) is 8.77. The molecule has 0 spiro atoms. The van der Waals surface area contributed by atoms with Crippen molar-refractivity contribution in [3.05, 3.63) is 17.0 Å². The lowest BCUT2D eigenvalue weighted by atomic mass is 10.2. The molecule has 0 aliphatic carbocycles. The summed E-state index contributed by atoms with van der Waals surface area (Å²) in [6.07, 6.45) is 2.81. The Morgan fingerprint density at radius 2 is 1.92 bits per heavy atom. The number of carboxylic acid groups (broad SMARTS) is 1. The molecule has 9 heteroatoms. The van der Waals surface area contributed by atoms with Crippen molar-refractivity contribution in [3.63, 3.8) is 0 Å². The van der Waals surface area contributed by atoms with Gasteiger partial charge in [0.1, 0.15) is 4.21 Å². The quantitative estimate of drug-likeness (QED) is 0.733. The summed E-state index contributed by atoms with van der Waals surface area (Å²) in [7, 11) is -3.48. The first-order chi connectivity index (χ1) is 11.8. The van der Waals surface area contributed by atoms with E-state index in [-0.39, 0.29) is 29.5 Å². The number of aliphatic carboxylic acids is 1. The van der Waals surface area contributed by atoms with E-state index in [4.69, 9.17) is 5.11 Å². The van der Waals surface area contributed by atoms with Crippen molar-refractivity contribution in [2.24, 2.45) is 0 Å². The van der Waals surface area contributed by atoms with Gasteiger partial charge in [-0.3, -0.25) is 9.59 Å². The van der Waals surface area contributed by atoms with E-state index in [1.165, 1.54) is 9.21 Å². The highest BCUT2D eigenvalue weighted by atomic mass is 32.2. The van der Waals surface area contributed by atoms with Crippen LogP contribution >= 0.6 is 11.3 Å². The van der Waals surface area contributed by atoms with E-state index in [1.54, 1.807) is 19.1 Å². The SMILES string of the molecule is CCN(CCC(=O)O)C(=O)Cc1ccc(S(=O)(=O)N2CCCCC2)s1. The van der Waals surface area contributed by atoms with Crippen LogP contribution in [-0.4, -0.2) is 60.8 Å². The Kier molecular flexibility index (Phi) is 6.97. The second-order valence-corrected chi connectivity index (χ2v) is 9.31. The third-order valence-corrected chi connectivity index (χ3v) is 7.65. The number of sulfonamides is 1. The molecule has 140 valence electrons. The highest BCUT2D eigenvalue weighted by molar-refractivity contribution is 7.91. The average molecular weight is 389 g/mol. The average Bonchev–Trinajstić information content (AvgIpc) is 3.05. The van der Waals surface area contributed by atoms with Crippen LogP contribution in [0.2, 0.25) is 0 Å². The fourth-order valence-electron chi connectivity index (χ4n) is 2.77. The lowest BCUT2D eigenvalue weighted by molar-refractivity contribution is -0.138. The number of amides is 1. The van der Waals surface area contributed by atoms with Crippen LogP contribution in [0, 0.1) is 0 Å². The van der Waals surface area contributed by atoms with Crippen molar-refractivity contribution < 1.29 is 23.1 Å². The Morgan fingerprint density at radius 3 is 2.52 bits per heavy atom. The first-order valence-electron chi connectivity index (χ1n) is 8.43. The number of carbonyl (C=O) groups is 2. The number of hydrogen-bond acceptors (Lipinski definition) is 5. The van der Waals surface area contributed by atoms with E-state index in [0.29, 0.717) is 24.5 Å². The Bertz CT molecular complexity index is 708. The summed E-state index contributed by atoms with van der Waals surface area (Å²) < 4.78 is 27.0. The summed E-state index contributed by atoms with van der Waals surface area (Å²) in [6, 6.07) is 3.23. The van der Waals surface area contributed by atoms with Gasteiger partial charge in [-0.25, -0.2) is 8.42 Å².